The van der Waals surface area contributed by atoms with Crippen molar-refractivity contribution < 1.29 is 27.6 Å². The molecular weight excluding hydrogens is 543 g/mol. The van der Waals surface area contributed by atoms with Gasteiger partial charge in [-0.15, -0.1) is 4.72 Å². The Morgan fingerprint density at radius 1 is 1.17 bits per heavy atom. The summed E-state index contributed by atoms with van der Waals surface area (Å²) in [6.07, 6.45) is 1.63. The van der Waals surface area contributed by atoms with Crippen molar-refractivity contribution in [2.45, 2.75) is 51.5 Å². The summed E-state index contributed by atoms with van der Waals surface area (Å²) < 4.78 is 46.1. The predicted octanol–water partition coefficient (Wildman–Crippen LogP) is 6.72. The van der Waals surface area contributed by atoms with Gasteiger partial charge in [0.1, 0.15) is 35.4 Å². The Balaban J connectivity index is 1.64. The summed E-state index contributed by atoms with van der Waals surface area (Å²) in [5.74, 6) is 0.0492. The van der Waals surface area contributed by atoms with Crippen LogP contribution in [0.3, 0.4) is 0 Å². The van der Waals surface area contributed by atoms with Crippen molar-refractivity contribution in [1.29, 1.82) is 5.26 Å². The minimum absolute atomic E-state index is 0.0253. The van der Waals surface area contributed by atoms with Crippen LogP contribution in [-0.4, -0.2) is 28.6 Å². The number of nitrogens with one attached hydrogen (secondary N) is 1. The van der Waals surface area contributed by atoms with E-state index in [1.807, 2.05) is 57.2 Å². The normalized spacial score (nSPS) is 13.0. The number of nitrogens with zero attached hydrogens (tertiary/aromatic N) is 1. The molecule has 0 saturated heterocycles. The Bertz CT molecular complexity index is 1560. The third-order valence-corrected chi connectivity index (χ3v) is 8.01. The van der Waals surface area contributed by atoms with E-state index in [1.54, 1.807) is 37.5 Å². The fourth-order valence-corrected chi connectivity index (χ4v) is 5.10. The van der Waals surface area contributed by atoms with Crippen LogP contribution in [0.15, 0.2) is 71.3 Å². The topological polar surface area (TPSA) is 108 Å². The van der Waals surface area contributed by atoms with Crippen LogP contribution in [0.25, 0.3) is 22.1 Å². The number of alkyl halides is 1. The molecule has 4 rings (SSSR count). The molecule has 7 nitrogen and oxygen atoms in total. The Hall–Kier alpha value is -3.84. The average Bonchev–Trinajstić information content (AvgIpc) is 3.43. The standard InChI is InChI=1S/C32H33FN2O5S/c1-5-38-30(36)17-25-10-9-21(19-34)15-29(25)40-20-22-13-26-11-12-39-31(26)27(14-22)23-7-6-8-24(16-23)28(18-33)35-41(37)32(2,3)4/h6-16,28,35H,5,17-18,20H2,1-4H3/t28-,41+/m0/s1. The third kappa shape index (κ3) is 7.47. The van der Waals surface area contributed by atoms with Gasteiger partial charge in [-0.2, -0.15) is 5.26 Å². The van der Waals surface area contributed by atoms with Crippen LogP contribution in [0.1, 0.15) is 56.0 Å². The number of halogens is 1. The number of furan rings is 1. The molecule has 0 aliphatic carbocycles. The minimum Gasteiger partial charge on any atom is -0.598 e. The monoisotopic (exact) mass is 576 g/mol. The SMILES string of the molecule is CCOC(=O)Cc1ccc(C#N)cc1OCc1cc(-c2cccc([C@H](CF)N[S@+]([O-])C(C)(C)C)c2)c2occc2c1. The van der Waals surface area contributed by atoms with Crippen molar-refractivity contribution >= 4 is 28.3 Å². The molecule has 0 amide bonds. The van der Waals surface area contributed by atoms with E-state index in [9.17, 15) is 19.0 Å². The molecule has 0 saturated carbocycles. The van der Waals surface area contributed by atoms with E-state index < -0.39 is 28.8 Å². The van der Waals surface area contributed by atoms with Crippen molar-refractivity contribution in [3.63, 3.8) is 0 Å². The molecule has 0 fully saturated rings. The lowest BCUT2D eigenvalue weighted by Crippen LogP contribution is -2.41. The number of ether oxygens (including phenoxy) is 2. The lowest BCUT2D eigenvalue weighted by molar-refractivity contribution is -0.142. The quantitative estimate of drug-likeness (QED) is 0.156. The molecule has 4 aromatic rings. The first kappa shape index (κ1) is 30.1. The van der Waals surface area contributed by atoms with Gasteiger partial charge in [-0.05, 0) is 80.8 Å². The first-order chi connectivity index (χ1) is 19.6. The average molecular weight is 577 g/mol. The van der Waals surface area contributed by atoms with Gasteiger partial charge in [0.2, 0.25) is 0 Å². The maximum absolute atomic E-state index is 14.1. The summed E-state index contributed by atoms with van der Waals surface area (Å²) in [6.45, 7) is 6.96. The van der Waals surface area contributed by atoms with Gasteiger partial charge in [0.05, 0.1) is 30.9 Å². The first-order valence-electron chi connectivity index (χ1n) is 13.3. The number of nitriles is 1. The lowest BCUT2D eigenvalue weighted by atomic mass is 9.97. The van der Waals surface area contributed by atoms with Crippen LogP contribution in [0.4, 0.5) is 4.39 Å². The Morgan fingerprint density at radius 2 is 1.98 bits per heavy atom. The highest BCUT2D eigenvalue weighted by Gasteiger charge is 2.30. The Morgan fingerprint density at radius 3 is 2.68 bits per heavy atom. The first-order valence-corrected chi connectivity index (χ1v) is 14.4. The molecule has 1 aromatic heterocycles. The van der Waals surface area contributed by atoms with Crippen molar-refractivity contribution in [2.75, 3.05) is 13.3 Å². The number of benzene rings is 3. The van der Waals surface area contributed by atoms with Crippen LogP contribution in [-0.2, 0) is 33.9 Å². The maximum Gasteiger partial charge on any atom is 0.310 e. The molecule has 41 heavy (non-hydrogen) atoms. The number of hydrogen-bond acceptors (Lipinski definition) is 7. The summed E-state index contributed by atoms with van der Waals surface area (Å²) in [5.41, 5.74) is 4.80. The zero-order valence-corrected chi connectivity index (χ0v) is 24.3. The van der Waals surface area contributed by atoms with Gasteiger partial charge in [-0.25, -0.2) is 4.39 Å². The van der Waals surface area contributed by atoms with E-state index in [4.69, 9.17) is 13.9 Å². The summed E-state index contributed by atoms with van der Waals surface area (Å²) in [4.78, 5) is 12.1. The summed E-state index contributed by atoms with van der Waals surface area (Å²) in [5, 5.41) is 10.2. The fraction of sp³-hybridized carbons (Fsp3) is 0.312. The lowest BCUT2D eigenvalue weighted by Gasteiger charge is -2.27. The molecule has 0 aliphatic heterocycles. The molecule has 0 radical (unpaired) electrons. The summed E-state index contributed by atoms with van der Waals surface area (Å²) >= 11 is -1.44. The minimum atomic E-state index is -1.44. The number of rotatable bonds is 11. The van der Waals surface area contributed by atoms with E-state index in [2.05, 4.69) is 10.8 Å². The van der Waals surface area contributed by atoms with Crippen LogP contribution >= 0.6 is 0 Å². The second-order valence-electron chi connectivity index (χ2n) is 10.5. The van der Waals surface area contributed by atoms with Crippen molar-refractivity contribution in [1.82, 2.24) is 4.72 Å². The molecule has 214 valence electrons. The van der Waals surface area contributed by atoms with Crippen molar-refractivity contribution in [2.24, 2.45) is 0 Å². The molecule has 0 bridgehead atoms. The molecular formula is C32H33FN2O5S. The Kier molecular flexibility index (Phi) is 9.71. The molecule has 1 N–H and O–H groups in total. The van der Waals surface area contributed by atoms with Crippen molar-refractivity contribution in [3.05, 3.63) is 89.2 Å². The van der Waals surface area contributed by atoms with E-state index in [0.717, 1.165) is 22.1 Å². The summed E-state index contributed by atoms with van der Waals surface area (Å²) in [7, 11) is 0. The van der Waals surface area contributed by atoms with Gasteiger partial charge in [0.25, 0.3) is 0 Å². The second-order valence-corrected chi connectivity index (χ2v) is 12.5. The van der Waals surface area contributed by atoms with E-state index in [-0.39, 0.29) is 25.6 Å². The molecule has 0 unspecified atom stereocenters. The highest BCUT2D eigenvalue weighted by molar-refractivity contribution is 7.90. The van der Waals surface area contributed by atoms with Crippen LogP contribution in [0, 0.1) is 11.3 Å². The van der Waals surface area contributed by atoms with E-state index in [1.165, 1.54) is 0 Å². The zero-order chi connectivity index (χ0) is 29.6. The van der Waals surface area contributed by atoms with Gasteiger partial charge < -0.3 is 18.4 Å². The van der Waals surface area contributed by atoms with E-state index >= 15 is 0 Å². The van der Waals surface area contributed by atoms with Crippen molar-refractivity contribution in [3.8, 4) is 22.9 Å². The van der Waals surface area contributed by atoms with Gasteiger partial charge in [-0.1, -0.05) is 24.3 Å². The number of fused-ring (bicyclic) bond motifs is 1. The number of hydrogen-bond donors (Lipinski definition) is 1. The van der Waals surface area contributed by atoms with E-state index in [0.29, 0.717) is 28.0 Å². The van der Waals surface area contributed by atoms with Gasteiger partial charge in [0, 0.05) is 27.9 Å². The number of carbonyl (C=O) groups is 1. The molecule has 1 heterocycles. The number of esters is 1. The van der Waals surface area contributed by atoms with Gasteiger partial charge >= 0.3 is 5.97 Å². The fourth-order valence-electron chi connectivity index (χ4n) is 4.29. The van der Waals surface area contributed by atoms with Gasteiger partial charge in [0.15, 0.2) is 0 Å². The van der Waals surface area contributed by atoms with Gasteiger partial charge in [-0.3, -0.25) is 4.79 Å². The number of carbonyl (C=O) groups excluding carboxylic acids is 1. The largest absolute Gasteiger partial charge is 0.598 e. The van der Waals surface area contributed by atoms with Crippen LogP contribution < -0.4 is 9.46 Å². The van der Waals surface area contributed by atoms with Crippen LogP contribution in [0.2, 0.25) is 0 Å². The maximum atomic E-state index is 14.1. The predicted molar refractivity (Wildman–Crippen MR) is 157 cm³/mol. The highest BCUT2D eigenvalue weighted by Crippen LogP contribution is 2.34. The summed E-state index contributed by atoms with van der Waals surface area (Å²) in [6, 6.07) is 19.5. The smallest absolute Gasteiger partial charge is 0.310 e. The Labute approximate surface area is 242 Å². The zero-order valence-electron chi connectivity index (χ0n) is 23.5. The van der Waals surface area contributed by atoms with Crippen LogP contribution in [0.5, 0.6) is 5.75 Å². The third-order valence-electron chi connectivity index (χ3n) is 6.40. The molecule has 0 spiro atoms. The highest BCUT2D eigenvalue weighted by atomic mass is 32.2. The molecule has 9 heteroatoms. The molecule has 2 atom stereocenters. The molecule has 3 aromatic carbocycles. The second kappa shape index (κ2) is 13.2. The molecule has 0 aliphatic rings.